The number of fused-ring (bicyclic) bond motifs is 1. The first-order valence-corrected chi connectivity index (χ1v) is 14.0. The van der Waals surface area contributed by atoms with Crippen molar-refractivity contribution in [3.8, 4) is 11.5 Å². The second kappa shape index (κ2) is 14.5. The van der Waals surface area contributed by atoms with Crippen molar-refractivity contribution >= 4 is 26.2 Å². The number of carbonyl (C=O) groups is 1. The summed E-state index contributed by atoms with van der Waals surface area (Å²) in [5, 5.41) is 7.36. The van der Waals surface area contributed by atoms with Gasteiger partial charge in [0, 0.05) is 61.5 Å². The highest BCUT2D eigenvalue weighted by atomic mass is 31.0. The molecule has 3 N–H and O–H groups in total. The van der Waals surface area contributed by atoms with Gasteiger partial charge in [-0.3, -0.25) is 9.46 Å². The van der Waals surface area contributed by atoms with Gasteiger partial charge in [0.25, 0.3) is 5.91 Å². The number of amides is 1. The molecule has 0 saturated carbocycles. The molecule has 4 aromatic rings. The summed E-state index contributed by atoms with van der Waals surface area (Å²) in [5.41, 5.74) is 5.55. The number of aromatic amines is 1. The molecule has 0 spiro atoms. The number of hydrogen-bond donors (Lipinski definition) is 3. The van der Waals surface area contributed by atoms with Gasteiger partial charge in [0.2, 0.25) is 0 Å². The quantitative estimate of drug-likeness (QED) is 0.177. The Balaban J connectivity index is 1.36. The van der Waals surface area contributed by atoms with Gasteiger partial charge in [-0.05, 0) is 47.7 Å². The number of likely N-dealkylation sites (N-methyl/N-ethyl adjacent to an activating group) is 1. The lowest BCUT2D eigenvalue weighted by molar-refractivity contribution is -0.123. The molecule has 0 fully saturated rings. The van der Waals surface area contributed by atoms with Crippen molar-refractivity contribution in [1.29, 1.82) is 0 Å². The van der Waals surface area contributed by atoms with Crippen LogP contribution < -0.4 is 20.1 Å². The fourth-order valence-corrected chi connectivity index (χ4v) is 5.25. The van der Waals surface area contributed by atoms with Gasteiger partial charge in [-0.25, -0.2) is 0 Å². The number of carbonyl (C=O) groups excluding carboxylic acids is 1. The third-order valence-corrected chi connectivity index (χ3v) is 7.29. The van der Waals surface area contributed by atoms with Crippen LogP contribution in [0.25, 0.3) is 10.9 Å². The Morgan fingerprint density at radius 2 is 1.80 bits per heavy atom. The topological polar surface area (TPSA) is 78.6 Å². The van der Waals surface area contributed by atoms with E-state index >= 15 is 0 Å². The average molecular weight is 559 g/mol. The maximum Gasteiger partial charge on any atom is 0.257 e. The Morgan fingerprint density at radius 1 is 1.05 bits per heavy atom. The monoisotopic (exact) mass is 558 g/mol. The highest BCUT2D eigenvalue weighted by Crippen LogP contribution is 2.24. The van der Waals surface area contributed by atoms with Crippen LogP contribution >= 0.6 is 9.39 Å². The van der Waals surface area contributed by atoms with Crippen LogP contribution in [0.4, 0.5) is 0 Å². The van der Waals surface area contributed by atoms with E-state index in [0.717, 1.165) is 47.5 Å². The SMILES string of the molecule is C=C(Cc1ccc(OCC(=O)NCC(Cc2c[nH]c3ccccc23)CN(P)Cc2ccccc2OC)cc1)NC. The number of nitrogens with zero attached hydrogens (tertiary/aromatic N) is 1. The van der Waals surface area contributed by atoms with Crippen molar-refractivity contribution in [3.63, 3.8) is 0 Å². The van der Waals surface area contributed by atoms with E-state index in [-0.39, 0.29) is 18.4 Å². The predicted octanol–water partition coefficient (Wildman–Crippen LogP) is 5.10. The molecule has 2 atom stereocenters. The molecule has 0 aliphatic heterocycles. The number of aromatic nitrogens is 1. The van der Waals surface area contributed by atoms with E-state index < -0.39 is 0 Å². The Labute approximate surface area is 239 Å². The van der Waals surface area contributed by atoms with Gasteiger partial charge in [0.15, 0.2) is 6.61 Å². The lowest BCUT2D eigenvalue weighted by atomic mass is 9.98. The molecule has 0 aliphatic rings. The van der Waals surface area contributed by atoms with Crippen molar-refractivity contribution in [2.75, 3.05) is 33.9 Å². The highest BCUT2D eigenvalue weighted by molar-refractivity contribution is 7.13. The zero-order chi connectivity index (χ0) is 28.3. The number of nitrogens with one attached hydrogen (secondary N) is 3. The second-order valence-electron chi connectivity index (χ2n) is 9.94. The van der Waals surface area contributed by atoms with Crippen LogP contribution in [-0.2, 0) is 24.2 Å². The molecule has 0 bridgehead atoms. The summed E-state index contributed by atoms with van der Waals surface area (Å²) in [5.74, 6) is 1.57. The van der Waals surface area contributed by atoms with Crippen molar-refractivity contribution < 1.29 is 14.3 Å². The average Bonchev–Trinajstić information content (AvgIpc) is 3.38. The molecule has 4 rings (SSSR count). The van der Waals surface area contributed by atoms with E-state index in [9.17, 15) is 4.79 Å². The molecule has 0 radical (unpaired) electrons. The minimum Gasteiger partial charge on any atom is -0.496 e. The zero-order valence-corrected chi connectivity index (χ0v) is 24.4. The van der Waals surface area contributed by atoms with Gasteiger partial charge in [-0.1, -0.05) is 64.5 Å². The highest BCUT2D eigenvalue weighted by Gasteiger charge is 2.18. The number of methoxy groups -OCH3 is 1. The summed E-state index contributed by atoms with van der Waals surface area (Å²) in [6, 6.07) is 24.1. The molecule has 8 heteroatoms. The number of para-hydroxylation sites is 2. The number of H-pyrrole nitrogens is 1. The van der Waals surface area contributed by atoms with Crippen molar-refractivity contribution in [2.24, 2.45) is 5.92 Å². The van der Waals surface area contributed by atoms with Crippen LogP contribution in [0.3, 0.4) is 0 Å². The Kier molecular flexibility index (Phi) is 10.6. The fraction of sp³-hybridized carbons (Fsp3) is 0.281. The van der Waals surface area contributed by atoms with E-state index in [1.165, 1.54) is 10.9 Å². The molecule has 210 valence electrons. The largest absolute Gasteiger partial charge is 0.496 e. The Morgan fingerprint density at radius 3 is 2.58 bits per heavy atom. The number of rotatable bonds is 15. The lowest BCUT2D eigenvalue weighted by Gasteiger charge is -2.25. The van der Waals surface area contributed by atoms with Crippen LogP contribution in [-0.4, -0.2) is 49.4 Å². The standard InChI is InChI=1S/C32H39N4O3P/c1-23(33-2)16-24-12-14-28(15-13-24)39-22-32(37)35-18-25(17-27-19-34-30-10-6-5-9-29(27)30)20-36(40)21-26-8-4-7-11-31(26)38-3/h4-15,19,25,33-34H,1,16-18,20-22,40H2,2-3H3,(H,35,37). The van der Waals surface area contributed by atoms with E-state index in [1.54, 1.807) is 7.11 Å². The molecular weight excluding hydrogens is 519 g/mol. The molecule has 7 nitrogen and oxygen atoms in total. The van der Waals surface area contributed by atoms with Crippen molar-refractivity contribution in [3.05, 3.63) is 108 Å². The third kappa shape index (κ3) is 8.35. The maximum atomic E-state index is 12.7. The first kappa shape index (κ1) is 29.2. The van der Waals surface area contributed by atoms with E-state index in [2.05, 4.69) is 66.7 Å². The van der Waals surface area contributed by atoms with Crippen molar-refractivity contribution in [2.45, 2.75) is 19.4 Å². The maximum absolute atomic E-state index is 12.7. The Hall–Kier alpha value is -3.80. The zero-order valence-electron chi connectivity index (χ0n) is 23.3. The fourth-order valence-electron chi connectivity index (χ4n) is 4.76. The van der Waals surface area contributed by atoms with Crippen LogP contribution in [0.1, 0.15) is 16.7 Å². The summed E-state index contributed by atoms with van der Waals surface area (Å²) < 4.78 is 13.5. The molecule has 2 unspecified atom stereocenters. The summed E-state index contributed by atoms with van der Waals surface area (Å²) in [4.78, 5) is 16.1. The van der Waals surface area contributed by atoms with Gasteiger partial charge in [0.1, 0.15) is 11.5 Å². The second-order valence-corrected chi connectivity index (χ2v) is 10.7. The molecule has 1 amide bonds. The predicted molar refractivity (Wildman–Crippen MR) is 165 cm³/mol. The number of hydrogen-bond acceptors (Lipinski definition) is 5. The van der Waals surface area contributed by atoms with E-state index in [1.807, 2.05) is 55.6 Å². The first-order chi connectivity index (χ1) is 19.4. The third-order valence-electron chi connectivity index (χ3n) is 6.89. The molecule has 1 aromatic heterocycles. The summed E-state index contributed by atoms with van der Waals surface area (Å²) in [6.07, 6.45) is 3.64. The summed E-state index contributed by atoms with van der Waals surface area (Å²) in [7, 11) is 6.39. The normalized spacial score (nSPS) is 11.8. The minimum atomic E-state index is -0.142. The van der Waals surface area contributed by atoms with E-state index in [0.29, 0.717) is 18.8 Å². The van der Waals surface area contributed by atoms with Gasteiger partial charge >= 0.3 is 0 Å². The molecule has 1 heterocycles. The number of allylic oxidation sites excluding steroid dienone is 1. The van der Waals surface area contributed by atoms with Crippen molar-refractivity contribution in [1.82, 2.24) is 20.3 Å². The van der Waals surface area contributed by atoms with Gasteiger partial charge in [-0.15, -0.1) is 0 Å². The smallest absolute Gasteiger partial charge is 0.257 e. The Bertz CT molecular complexity index is 1400. The molecular formula is C32H39N4O3P. The van der Waals surface area contributed by atoms with Gasteiger partial charge in [0.05, 0.1) is 7.11 Å². The molecule has 40 heavy (non-hydrogen) atoms. The number of benzene rings is 3. The lowest BCUT2D eigenvalue weighted by Crippen LogP contribution is -2.37. The summed E-state index contributed by atoms with van der Waals surface area (Å²) >= 11 is 0. The minimum absolute atomic E-state index is 0.0336. The van der Waals surface area contributed by atoms with Crippen LogP contribution in [0.5, 0.6) is 11.5 Å². The van der Waals surface area contributed by atoms with Crippen LogP contribution in [0.2, 0.25) is 0 Å². The van der Waals surface area contributed by atoms with E-state index in [4.69, 9.17) is 9.47 Å². The van der Waals surface area contributed by atoms with Gasteiger partial charge in [-0.2, -0.15) is 0 Å². The molecule has 0 saturated heterocycles. The van der Waals surface area contributed by atoms with Gasteiger partial charge < -0.3 is 25.1 Å². The first-order valence-electron chi connectivity index (χ1n) is 13.5. The molecule has 0 aliphatic carbocycles. The number of ether oxygens (including phenoxy) is 2. The van der Waals surface area contributed by atoms with Crippen LogP contribution in [0.15, 0.2) is 91.3 Å². The summed E-state index contributed by atoms with van der Waals surface area (Å²) in [6.45, 7) is 5.94. The molecule has 3 aromatic carbocycles. The van der Waals surface area contributed by atoms with Crippen LogP contribution in [0, 0.1) is 5.92 Å².